The molecule has 0 N–H and O–H groups in total. The van der Waals surface area contributed by atoms with Crippen molar-refractivity contribution in [3.05, 3.63) is 77.5 Å². The molecule has 3 rings (SSSR count). The zero-order valence-electron chi connectivity index (χ0n) is 13.3. The maximum atomic E-state index is 12.3. The summed E-state index contributed by atoms with van der Waals surface area (Å²) < 4.78 is 5.66. The van der Waals surface area contributed by atoms with Crippen LogP contribution in [-0.4, -0.2) is 17.8 Å². The maximum absolute atomic E-state index is 12.3. The molecule has 0 saturated carbocycles. The number of aliphatic imine (C=N–C) groups is 1. The fraction of sp³-hybridized carbons (Fsp3) is 0.200. The van der Waals surface area contributed by atoms with E-state index in [1.807, 2.05) is 74.5 Å². The Labute approximate surface area is 136 Å². The molecule has 1 aliphatic heterocycles. The average molecular weight is 305 g/mol. The Morgan fingerprint density at radius 2 is 1.61 bits per heavy atom. The summed E-state index contributed by atoms with van der Waals surface area (Å²) >= 11 is 0. The van der Waals surface area contributed by atoms with Gasteiger partial charge in [0.1, 0.15) is 11.8 Å². The summed E-state index contributed by atoms with van der Waals surface area (Å²) in [5, 5.41) is 0. The van der Waals surface area contributed by atoms with Crippen LogP contribution in [0.1, 0.15) is 25.0 Å². The highest BCUT2D eigenvalue weighted by Gasteiger charge is 2.31. The molecule has 3 heteroatoms. The Balaban J connectivity index is 2.06. The number of nitrogens with zero attached hydrogens (tertiary/aromatic N) is 1. The summed E-state index contributed by atoms with van der Waals surface area (Å²) in [6.07, 6.45) is 1.44. The fourth-order valence-corrected chi connectivity index (χ4v) is 2.56. The minimum atomic E-state index is -0.368. The van der Waals surface area contributed by atoms with Gasteiger partial charge in [-0.15, -0.1) is 0 Å². The Hall–Kier alpha value is -2.68. The molecule has 0 saturated heterocycles. The first-order valence-corrected chi connectivity index (χ1v) is 7.77. The van der Waals surface area contributed by atoms with Gasteiger partial charge < -0.3 is 4.74 Å². The largest absolute Gasteiger partial charge is 0.451 e. The molecule has 1 aliphatic rings. The number of ether oxygens (including phenoxy) is 1. The third kappa shape index (κ3) is 3.39. The van der Waals surface area contributed by atoms with E-state index in [1.165, 1.54) is 0 Å². The predicted octanol–water partition coefficient (Wildman–Crippen LogP) is 4.10. The highest BCUT2D eigenvalue weighted by molar-refractivity contribution is 6.11. The first-order valence-electron chi connectivity index (χ1n) is 7.77. The van der Waals surface area contributed by atoms with Crippen LogP contribution in [0.3, 0.4) is 0 Å². The third-order valence-corrected chi connectivity index (χ3v) is 3.73. The van der Waals surface area contributed by atoms with Crippen molar-refractivity contribution in [1.29, 1.82) is 0 Å². The van der Waals surface area contributed by atoms with E-state index in [-0.39, 0.29) is 18.0 Å². The molecule has 2 aromatic rings. The summed E-state index contributed by atoms with van der Waals surface area (Å²) in [6.45, 7) is 4.06. The second-order valence-corrected chi connectivity index (χ2v) is 5.87. The summed E-state index contributed by atoms with van der Waals surface area (Å²) in [7, 11) is 0. The second-order valence-electron chi connectivity index (χ2n) is 5.87. The van der Waals surface area contributed by atoms with Gasteiger partial charge in [-0.25, -0.2) is 9.79 Å². The van der Waals surface area contributed by atoms with E-state index in [9.17, 15) is 4.79 Å². The third-order valence-electron chi connectivity index (χ3n) is 3.73. The summed E-state index contributed by atoms with van der Waals surface area (Å²) in [5.41, 5.74) is 3.06. The summed E-state index contributed by atoms with van der Waals surface area (Å²) in [4.78, 5) is 16.9. The van der Waals surface area contributed by atoms with Crippen LogP contribution in [0.5, 0.6) is 0 Å². The normalized spacial score (nSPS) is 19.6. The summed E-state index contributed by atoms with van der Waals surface area (Å²) in [6, 6.07) is 19.6. The number of cyclic esters (lactones) is 1. The molecule has 0 fully saturated rings. The zero-order valence-corrected chi connectivity index (χ0v) is 13.3. The molecule has 0 spiro atoms. The van der Waals surface area contributed by atoms with Crippen LogP contribution < -0.4 is 0 Å². The van der Waals surface area contributed by atoms with Crippen LogP contribution >= 0.6 is 0 Å². The number of hydrogen-bond donors (Lipinski definition) is 0. The minimum absolute atomic E-state index is 0.163. The highest BCUT2D eigenvalue weighted by atomic mass is 16.5. The van der Waals surface area contributed by atoms with Crippen molar-refractivity contribution < 1.29 is 9.53 Å². The van der Waals surface area contributed by atoms with Gasteiger partial charge in [0.05, 0.1) is 5.71 Å². The number of carbonyl (C=O) groups excluding carboxylic acids is 1. The van der Waals surface area contributed by atoms with Crippen LogP contribution in [0.25, 0.3) is 6.08 Å². The van der Waals surface area contributed by atoms with Gasteiger partial charge in [0.15, 0.2) is 0 Å². The molecule has 0 aliphatic carbocycles. The van der Waals surface area contributed by atoms with E-state index in [4.69, 9.17) is 4.74 Å². The van der Waals surface area contributed by atoms with E-state index in [0.717, 1.165) is 16.8 Å². The lowest BCUT2D eigenvalue weighted by molar-refractivity contribution is -0.143. The number of hydrogen-bond acceptors (Lipinski definition) is 3. The maximum Gasteiger partial charge on any atom is 0.357 e. The Morgan fingerprint density at radius 1 is 1.00 bits per heavy atom. The molecule has 2 aromatic carbocycles. The van der Waals surface area contributed by atoms with E-state index in [2.05, 4.69) is 4.99 Å². The fourth-order valence-electron chi connectivity index (χ4n) is 2.56. The first kappa shape index (κ1) is 15.2. The van der Waals surface area contributed by atoms with E-state index in [1.54, 1.807) is 6.08 Å². The predicted molar refractivity (Wildman–Crippen MR) is 92.1 cm³/mol. The number of carbonyl (C=O) groups is 1. The second kappa shape index (κ2) is 6.61. The number of esters is 1. The topological polar surface area (TPSA) is 38.7 Å². The molecular weight excluding hydrogens is 286 g/mol. The SMILES string of the molecule is CC(C)[C@@H]1OC(=O)/C(=C/c2ccccc2)N=C1c1ccccc1. The molecule has 3 nitrogen and oxygen atoms in total. The minimum Gasteiger partial charge on any atom is -0.451 e. The highest BCUT2D eigenvalue weighted by Crippen LogP contribution is 2.24. The van der Waals surface area contributed by atoms with Gasteiger partial charge in [-0.2, -0.15) is 0 Å². The lowest BCUT2D eigenvalue weighted by atomic mass is 9.95. The molecule has 0 unspecified atom stereocenters. The molecule has 0 aromatic heterocycles. The van der Waals surface area contributed by atoms with E-state index in [0.29, 0.717) is 5.70 Å². The summed E-state index contributed by atoms with van der Waals surface area (Å²) in [5.74, 6) is -0.205. The van der Waals surface area contributed by atoms with Crippen LogP contribution in [0, 0.1) is 5.92 Å². The van der Waals surface area contributed by atoms with E-state index < -0.39 is 0 Å². The van der Waals surface area contributed by atoms with Crippen molar-refractivity contribution in [3.8, 4) is 0 Å². The monoisotopic (exact) mass is 305 g/mol. The quantitative estimate of drug-likeness (QED) is 0.632. The van der Waals surface area contributed by atoms with E-state index >= 15 is 0 Å². The van der Waals surface area contributed by atoms with Crippen molar-refractivity contribution in [2.24, 2.45) is 10.9 Å². The smallest absolute Gasteiger partial charge is 0.357 e. The van der Waals surface area contributed by atoms with Crippen molar-refractivity contribution in [2.45, 2.75) is 20.0 Å². The van der Waals surface area contributed by atoms with Gasteiger partial charge in [0, 0.05) is 0 Å². The Kier molecular flexibility index (Phi) is 4.38. The molecule has 0 radical (unpaired) electrons. The number of benzene rings is 2. The van der Waals surface area contributed by atoms with Crippen LogP contribution in [0.4, 0.5) is 0 Å². The van der Waals surface area contributed by atoms with Gasteiger partial charge in [0.2, 0.25) is 0 Å². The van der Waals surface area contributed by atoms with Gasteiger partial charge in [-0.3, -0.25) is 0 Å². The molecule has 1 heterocycles. The first-order chi connectivity index (χ1) is 11.1. The van der Waals surface area contributed by atoms with Crippen LogP contribution in [0.2, 0.25) is 0 Å². The average Bonchev–Trinajstić information content (AvgIpc) is 2.58. The van der Waals surface area contributed by atoms with Crippen LogP contribution in [-0.2, 0) is 9.53 Å². The Bertz CT molecular complexity index is 746. The molecular formula is C20H19NO2. The molecule has 23 heavy (non-hydrogen) atoms. The molecule has 0 bridgehead atoms. The van der Waals surface area contributed by atoms with Gasteiger partial charge >= 0.3 is 5.97 Å². The van der Waals surface area contributed by atoms with Gasteiger partial charge in [0.25, 0.3) is 0 Å². The molecule has 1 atom stereocenters. The molecule has 0 amide bonds. The zero-order chi connectivity index (χ0) is 16.2. The van der Waals surface area contributed by atoms with Crippen LogP contribution in [0.15, 0.2) is 71.4 Å². The van der Waals surface area contributed by atoms with Crippen molar-refractivity contribution in [3.63, 3.8) is 0 Å². The van der Waals surface area contributed by atoms with Crippen molar-refractivity contribution >= 4 is 17.8 Å². The van der Waals surface area contributed by atoms with Crippen molar-refractivity contribution in [2.75, 3.05) is 0 Å². The van der Waals surface area contributed by atoms with Crippen molar-refractivity contribution in [1.82, 2.24) is 0 Å². The standard InChI is InChI=1S/C20H19NO2/c1-14(2)19-18(16-11-7-4-8-12-16)21-17(20(22)23-19)13-15-9-5-3-6-10-15/h3-14,19H,1-2H3/b17-13-/t19-/m0/s1. The van der Waals surface area contributed by atoms with Gasteiger partial charge in [-0.05, 0) is 23.1 Å². The lowest BCUT2D eigenvalue weighted by Gasteiger charge is -2.27. The molecule has 116 valence electrons. The number of rotatable bonds is 3. The van der Waals surface area contributed by atoms with Gasteiger partial charge in [-0.1, -0.05) is 74.5 Å². The Morgan fingerprint density at radius 3 is 2.22 bits per heavy atom. The lowest BCUT2D eigenvalue weighted by Crippen LogP contribution is -2.37.